The Hall–Kier alpha value is -1.75. The normalized spacial score (nSPS) is 10.9. The first-order valence-corrected chi connectivity index (χ1v) is 14.3. The fraction of sp³-hybridized carbons (Fsp3) is 0.143. The van der Waals surface area contributed by atoms with Gasteiger partial charge in [-0.3, -0.25) is 0 Å². The molecular formula is C28H25I2O3S+. The minimum atomic E-state index is -0.169. The summed E-state index contributed by atoms with van der Waals surface area (Å²) in [6, 6.07) is 34.0. The van der Waals surface area contributed by atoms with E-state index >= 15 is 0 Å². The van der Waals surface area contributed by atoms with Crippen LogP contribution in [-0.4, -0.2) is 13.4 Å². The predicted octanol–water partition coefficient (Wildman–Crippen LogP) is 7.94. The molecule has 0 heterocycles. The lowest BCUT2D eigenvalue weighted by atomic mass is 10.2. The Morgan fingerprint density at radius 2 is 1.29 bits per heavy atom. The molecule has 0 bridgehead atoms. The zero-order chi connectivity index (χ0) is 23.8. The molecule has 4 aromatic rings. The first-order valence-electron chi connectivity index (χ1n) is 10.9. The lowest BCUT2D eigenvalue weighted by Crippen LogP contribution is -2.08. The molecular weight excluding hydrogens is 670 g/mol. The Morgan fingerprint density at radius 1 is 0.706 bits per heavy atom. The van der Waals surface area contributed by atoms with Gasteiger partial charge in [0.2, 0.25) is 0 Å². The van der Waals surface area contributed by atoms with Crippen LogP contribution in [-0.2, 0) is 22.2 Å². The molecule has 0 radical (unpaired) electrons. The fourth-order valence-corrected chi connectivity index (χ4v) is 7.62. The van der Waals surface area contributed by atoms with Gasteiger partial charge in [-0.15, -0.1) is 0 Å². The molecule has 0 saturated carbocycles. The molecule has 0 aromatic heterocycles. The van der Waals surface area contributed by atoms with E-state index < -0.39 is 0 Å². The summed E-state index contributed by atoms with van der Waals surface area (Å²) in [7, 11) is -0.169. The topological polar surface area (TPSA) is 27.7 Å². The quantitative estimate of drug-likeness (QED) is 0.0731. The molecule has 3 nitrogen and oxygen atoms in total. The van der Waals surface area contributed by atoms with Crippen LogP contribution in [0.2, 0.25) is 0 Å². The van der Waals surface area contributed by atoms with E-state index in [1.165, 1.54) is 14.7 Å². The fourth-order valence-electron chi connectivity index (χ4n) is 3.42. The SMILES string of the molecule is CCOCOc1c(I)cc(I)cc1COc1ccc([S+](c2ccccc2)c2ccccc2)cc1. The number of halogens is 2. The van der Waals surface area contributed by atoms with Gasteiger partial charge in [-0.25, -0.2) is 0 Å². The highest BCUT2D eigenvalue weighted by Gasteiger charge is 2.28. The summed E-state index contributed by atoms with van der Waals surface area (Å²) in [5, 5.41) is 0. The third-order valence-electron chi connectivity index (χ3n) is 4.99. The van der Waals surface area contributed by atoms with Gasteiger partial charge in [-0.1, -0.05) is 36.4 Å². The molecule has 0 saturated heterocycles. The minimum Gasteiger partial charge on any atom is -0.489 e. The lowest BCUT2D eigenvalue weighted by molar-refractivity contribution is 0.0208. The highest BCUT2D eigenvalue weighted by atomic mass is 127. The number of hydrogen-bond donors (Lipinski definition) is 0. The maximum absolute atomic E-state index is 6.17. The molecule has 0 amide bonds. The molecule has 34 heavy (non-hydrogen) atoms. The van der Waals surface area contributed by atoms with E-state index in [-0.39, 0.29) is 17.7 Å². The summed E-state index contributed by atoms with van der Waals surface area (Å²) in [6.07, 6.45) is 0. The van der Waals surface area contributed by atoms with E-state index in [0.717, 1.165) is 24.2 Å². The second-order valence-electron chi connectivity index (χ2n) is 7.32. The molecule has 4 aromatic carbocycles. The van der Waals surface area contributed by atoms with Crippen LogP contribution in [0.3, 0.4) is 0 Å². The highest BCUT2D eigenvalue weighted by molar-refractivity contribution is 14.1. The second-order valence-corrected chi connectivity index (χ2v) is 11.8. The van der Waals surface area contributed by atoms with Crippen LogP contribution in [0.4, 0.5) is 0 Å². The van der Waals surface area contributed by atoms with E-state index in [2.05, 4.69) is 142 Å². The maximum Gasteiger partial charge on any atom is 0.189 e. The average molecular weight is 695 g/mol. The summed E-state index contributed by atoms with van der Waals surface area (Å²) in [5.41, 5.74) is 1.01. The summed E-state index contributed by atoms with van der Waals surface area (Å²) in [4.78, 5) is 3.85. The Balaban J connectivity index is 1.53. The van der Waals surface area contributed by atoms with Gasteiger partial charge in [-0.2, -0.15) is 0 Å². The van der Waals surface area contributed by atoms with Crippen molar-refractivity contribution in [3.05, 3.63) is 110 Å². The maximum atomic E-state index is 6.17. The van der Waals surface area contributed by atoms with Gasteiger partial charge in [0.1, 0.15) is 18.1 Å². The number of benzene rings is 4. The third-order valence-corrected chi connectivity index (χ3v) is 8.64. The Kier molecular flexibility index (Phi) is 9.55. The van der Waals surface area contributed by atoms with Gasteiger partial charge < -0.3 is 14.2 Å². The van der Waals surface area contributed by atoms with Gasteiger partial charge in [-0.05, 0) is 113 Å². The van der Waals surface area contributed by atoms with Crippen molar-refractivity contribution in [2.24, 2.45) is 0 Å². The molecule has 0 spiro atoms. The van der Waals surface area contributed by atoms with Crippen LogP contribution in [0.15, 0.2) is 112 Å². The van der Waals surface area contributed by atoms with E-state index in [0.29, 0.717) is 13.2 Å². The van der Waals surface area contributed by atoms with Crippen LogP contribution < -0.4 is 9.47 Å². The number of hydrogen-bond acceptors (Lipinski definition) is 3. The van der Waals surface area contributed by atoms with Crippen molar-refractivity contribution in [3.8, 4) is 11.5 Å². The van der Waals surface area contributed by atoms with Gasteiger partial charge in [0.05, 0.1) is 14.5 Å². The summed E-state index contributed by atoms with van der Waals surface area (Å²) in [6.45, 7) is 3.23. The molecule has 0 aliphatic heterocycles. The van der Waals surface area contributed by atoms with Crippen LogP contribution in [0, 0.1) is 7.14 Å². The van der Waals surface area contributed by atoms with Crippen molar-refractivity contribution >= 4 is 56.1 Å². The smallest absolute Gasteiger partial charge is 0.189 e. The molecule has 6 heteroatoms. The average Bonchev–Trinajstić information content (AvgIpc) is 2.86. The first-order chi connectivity index (χ1) is 16.7. The van der Waals surface area contributed by atoms with E-state index in [9.17, 15) is 0 Å². The molecule has 0 atom stereocenters. The molecule has 4 rings (SSSR count). The van der Waals surface area contributed by atoms with Crippen LogP contribution in [0.1, 0.15) is 12.5 Å². The lowest BCUT2D eigenvalue weighted by Gasteiger charge is -2.15. The van der Waals surface area contributed by atoms with Crippen molar-refractivity contribution < 1.29 is 14.2 Å². The largest absolute Gasteiger partial charge is 0.489 e. The first kappa shape index (κ1) is 25.3. The monoisotopic (exact) mass is 695 g/mol. The van der Waals surface area contributed by atoms with E-state index in [1.54, 1.807) is 0 Å². The van der Waals surface area contributed by atoms with Crippen molar-refractivity contribution in [2.75, 3.05) is 13.4 Å². The molecule has 0 fully saturated rings. The standard InChI is InChI=1S/C28H25I2O3S/c1-2-31-20-33-28-21(17-22(29)18-27(28)30)19-32-23-13-15-26(16-14-23)34(24-9-5-3-6-10-24)25-11-7-4-8-12-25/h3-18H,2,19-20H2,1H3/q+1. The predicted molar refractivity (Wildman–Crippen MR) is 155 cm³/mol. The van der Waals surface area contributed by atoms with Crippen LogP contribution >= 0.6 is 45.2 Å². The number of ether oxygens (including phenoxy) is 3. The van der Waals surface area contributed by atoms with Gasteiger partial charge in [0.25, 0.3) is 0 Å². The molecule has 0 aliphatic rings. The Morgan fingerprint density at radius 3 is 1.88 bits per heavy atom. The van der Waals surface area contributed by atoms with Crippen molar-refractivity contribution in [2.45, 2.75) is 28.2 Å². The summed E-state index contributed by atoms with van der Waals surface area (Å²) >= 11 is 4.62. The zero-order valence-corrected chi connectivity index (χ0v) is 23.9. The van der Waals surface area contributed by atoms with Crippen LogP contribution in [0.25, 0.3) is 0 Å². The van der Waals surface area contributed by atoms with Crippen molar-refractivity contribution in [1.29, 1.82) is 0 Å². The number of rotatable bonds is 10. The zero-order valence-electron chi connectivity index (χ0n) is 18.7. The Bertz CT molecular complexity index is 1150. The molecule has 0 unspecified atom stereocenters. The summed E-state index contributed by atoms with van der Waals surface area (Å²) in [5.74, 6) is 1.65. The highest BCUT2D eigenvalue weighted by Crippen LogP contribution is 2.33. The van der Waals surface area contributed by atoms with E-state index in [4.69, 9.17) is 14.2 Å². The van der Waals surface area contributed by atoms with Gasteiger partial charge in [0, 0.05) is 15.7 Å². The third kappa shape index (κ3) is 6.68. The molecule has 174 valence electrons. The Labute approximate surface area is 231 Å². The van der Waals surface area contributed by atoms with E-state index in [1.807, 2.05) is 6.92 Å². The minimum absolute atomic E-state index is 0.169. The summed E-state index contributed by atoms with van der Waals surface area (Å²) < 4.78 is 19.6. The van der Waals surface area contributed by atoms with Crippen LogP contribution in [0.5, 0.6) is 11.5 Å². The van der Waals surface area contributed by atoms with Gasteiger partial charge in [0.15, 0.2) is 21.5 Å². The second kappa shape index (κ2) is 12.8. The van der Waals surface area contributed by atoms with Crippen molar-refractivity contribution in [3.63, 3.8) is 0 Å². The van der Waals surface area contributed by atoms with Gasteiger partial charge >= 0.3 is 0 Å². The van der Waals surface area contributed by atoms with Crippen molar-refractivity contribution in [1.82, 2.24) is 0 Å². The molecule has 0 aliphatic carbocycles. The molecule has 0 N–H and O–H groups in total.